The van der Waals surface area contributed by atoms with Crippen LogP contribution in [0.1, 0.15) is 18.9 Å². The number of pyridine rings is 1. The monoisotopic (exact) mass is 365 g/mol. The molecule has 1 aliphatic heterocycles. The number of aromatic amines is 2. The lowest BCUT2D eigenvalue weighted by Gasteiger charge is -2.34. The largest absolute Gasteiger partial charge is 0.340 e. The Balaban J connectivity index is 1.52. The van der Waals surface area contributed by atoms with Crippen LogP contribution >= 0.6 is 0 Å². The standard InChI is InChI=1S/C20H23N5O2/c1-2-17(26)25-10-8-24(9-11-25)13-14-4-3-5-15(12-14)16-6-7-21-19-18(16)22-20(27)23-19/h3-7,12H,2,8-11,13H2,1H3,(H2,21,22,23,27). The molecule has 1 aliphatic rings. The van der Waals surface area contributed by atoms with Crippen molar-refractivity contribution < 1.29 is 4.79 Å². The highest BCUT2D eigenvalue weighted by atomic mass is 16.2. The van der Waals surface area contributed by atoms with E-state index in [1.54, 1.807) is 6.20 Å². The van der Waals surface area contributed by atoms with Gasteiger partial charge in [0, 0.05) is 50.9 Å². The quantitative estimate of drug-likeness (QED) is 0.740. The van der Waals surface area contributed by atoms with E-state index in [4.69, 9.17) is 0 Å². The molecule has 0 spiro atoms. The first-order chi connectivity index (χ1) is 13.1. The molecule has 1 fully saturated rings. The van der Waals surface area contributed by atoms with E-state index in [1.807, 2.05) is 30.0 Å². The van der Waals surface area contributed by atoms with Crippen molar-refractivity contribution in [3.8, 4) is 11.1 Å². The van der Waals surface area contributed by atoms with Crippen LogP contribution in [0.4, 0.5) is 0 Å². The summed E-state index contributed by atoms with van der Waals surface area (Å²) in [7, 11) is 0. The summed E-state index contributed by atoms with van der Waals surface area (Å²) in [6.07, 6.45) is 2.28. The number of H-pyrrole nitrogens is 2. The molecule has 7 heteroatoms. The molecule has 0 bridgehead atoms. The van der Waals surface area contributed by atoms with Crippen LogP contribution in [0.25, 0.3) is 22.3 Å². The summed E-state index contributed by atoms with van der Waals surface area (Å²) < 4.78 is 0. The van der Waals surface area contributed by atoms with E-state index in [-0.39, 0.29) is 11.6 Å². The number of hydrogen-bond acceptors (Lipinski definition) is 4. The minimum Gasteiger partial charge on any atom is -0.340 e. The highest BCUT2D eigenvalue weighted by molar-refractivity contribution is 5.89. The predicted molar refractivity (Wildman–Crippen MR) is 104 cm³/mol. The van der Waals surface area contributed by atoms with Gasteiger partial charge in [-0.3, -0.25) is 14.7 Å². The van der Waals surface area contributed by atoms with Gasteiger partial charge in [-0.25, -0.2) is 9.78 Å². The second-order valence-electron chi connectivity index (χ2n) is 6.87. The van der Waals surface area contributed by atoms with E-state index in [0.29, 0.717) is 12.1 Å². The first-order valence-corrected chi connectivity index (χ1v) is 9.30. The Bertz CT molecular complexity index is 1010. The van der Waals surface area contributed by atoms with Gasteiger partial charge in [0.25, 0.3) is 0 Å². The van der Waals surface area contributed by atoms with Gasteiger partial charge in [0.15, 0.2) is 5.65 Å². The molecule has 1 aromatic carbocycles. The zero-order valence-electron chi connectivity index (χ0n) is 15.4. The molecule has 0 saturated carbocycles. The summed E-state index contributed by atoms with van der Waals surface area (Å²) >= 11 is 0. The van der Waals surface area contributed by atoms with Crippen LogP contribution in [0.5, 0.6) is 0 Å². The molecule has 1 saturated heterocycles. The van der Waals surface area contributed by atoms with Gasteiger partial charge >= 0.3 is 5.69 Å². The third-order valence-corrected chi connectivity index (χ3v) is 5.09. The third kappa shape index (κ3) is 3.64. The Labute approximate surface area is 157 Å². The average molecular weight is 365 g/mol. The number of benzene rings is 1. The third-order valence-electron chi connectivity index (χ3n) is 5.09. The predicted octanol–water partition coefficient (Wildman–Crippen LogP) is 1.97. The van der Waals surface area contributed by atoms with E-state index >= 15 is 0 Å². The number of piperazine rings is 1. The fraction of sp³-hybridized carbons (Fsp3) is 0.350. The molecule has 27 heavy (non-hydrogen) atoms. The van der Waals surface area contributed by atoms with Crippen LogP contribution in [0.15, 0.2) is 41.3 Å². The maximum absolute atomic E-state index is 11.8. The molecule has 4 rings (SSSR count). The summed E-state index contributed by atoms with van der Waals surface area (Å²) in [6.45, 7) is 6.12. The first-order valence-electron chi connectivity index (χ1n) is 9.30. The normalized spacial score (nSPS) is 15.4. The second-order valence-corrected chi connectivity index (χ2v) is 6.87. The zero-order chi connectivity index (χ0) is 18.8. The summed E-state index contributed by atoms with van der Waals surface area (Å²) in [5, 5.41) is 0. The number of carbonyl (C=O) groups excluding carboxylic acids is 1. The molecule has 1 amide bonds. The van der Waals surface area contributed by atoms with Gasteiger partial charge in [0.05, 0.1) is 5.52 Å². The highest BCUT2D eigenvalue weighted by Gasteiger charge is 2.20. The SMILES string of the molecule is CCC(=O)N1CCN(Cc2cccc(-c3ccnc4[nH]c(=O)[nH]c34)c2)CC1. The molecule has 0 radical (unpaired) electrons. The minimum atomic E-state index is -0.249. The van der Waals surface area contributed by atoms with Crippen LogP contribution in [-0.2, 0) is 11.3 Å². The first kappa shape index (κ1) is 17.5. The van der Waals surface area contributed by atoms with Gasteiger partial charge in [-0.1, -0.05) is 25.1 Å². The Morgan fingerprint density at radius 3 is 2.74 bits per heavy atom. The van der Waals surface area contributed by atoms with Gasteiger partial charge in [0.1, 0.15) is 0 Å². The van der Waals surface area contributed by atoms with Crippen molar-refractivity contribution in [2.24, 2.45) is 0 Å². The van der Waals surface area contributed by atoms with E-state index in [9.17, 15) is 9.59 Å². The zero-order valence-corrected chi connectivity index (χ0v) is 15.4. The van der Waals surface area contributed by atoms with Crippen molar-refractivity contribution in [3.05, 3.63) is 52.6 Å². The summed E-state index contributed by atoms with van der Waals surface area (Å²) in [5.41, 5.74) is 4.27. The fourth-order valence-corrected chi connectivity index (χ4v) is 3.65. The number of fused-ring (bicyclic) bond motifs is 1. The van der Waals surface area contributed by atoms with Crippen molar-refractivity contribution in [2.75, 3.05) is 26.2 Å². The molecule has 0 unspecified atom stereocenters. The molecule has 2 aromatic heterocycles. The van der Waals surface area contributed by atoms with Crippen LogP contribution in [0.2, 0.25) is 0 Å². The van der Waals surface area contributed by atoms with Crippen molar-refractivity contribution in [1.29, 1.82) is 0 Å². The van der Waals surface area contributed by atoms with Crippen molar-refractivity contribution in [2.45, 2.75) is 19.9 Å². The smallest absolute Gasteiger partial charge is 0.325 e. The molecule has 0 atom stereocenters. The lowest BCUT2D eigenvalue weighted by Crippen LogP contribution is -2.48. The highest BCUT2D eigenvalue weighted by Crippen LogP contribution is 2.26. The number of nitrogens with one attached hydrogen (secondary N) is 2. The van der Waals surface area contributed by atoms with Crippen LogP contribution in [0, 0.1) is 0 Å². The molecule has 3 heterocycles. The van der Waals surface area contributed by atoms with E-state index in [1.165, 1.54) is 5.56 Å². The molecular weight excluding hydrogens is 342 g/mol. The number of carbonyl (C=O) groups is 1. The minimum absolute atomic E-state index is 0.235. The van der Waals surface area contributed by atoms with Gasteiger partial charge < -0.3 is 9.88 Å². The molecule has 3 aromatic rings. The van der Waals surface area contributed by atoms with Crippen molar-refractivity contribution in [1.82, 2.24) is 24.8 Å². The summed E-state index contributed by atoms with van der Waals surface area (Å²) in [5.74, 6) is 0.235. The summed E-state index contributed by atoms with van der Waals surface area (Å²) in [6, 6.07) is 10.3. The van der Waals surface area contributed by atoms with E-state index in [2.05, 4.69) is 32.0 Å². The molecule has 0 aliphatic carbocycles. The average Bonchev–Trinajstić information content (AvgIpc) is 3.08. The Morgan fingerprint density at radius 2 is 1.96 bits per heavy atom. The number of amides is 1. The van der Waals surface area contributed by atoms with Gasteiger partial charge in [0.2, 0.25) is 5.91 Å². The lowest BCUT2D eigenvalue weighted by atomic mass is 10.0. The number of nitrogens with zero attached hydrogens (tertiary/aromatic N) is 3. The Morgan fingerprint density at radius 1 is 1.15 bits per heavy atom. The summed E-state index contributed by atoms with van der Waals surface area (Å²) in [4.78, 5) is 37.5. The van der Waals surface area contributed by atoms with Gasteiger partial charge in [-0.2, -0.15) is 0 Å². The molecule has 140 valence electrons. The van der Waals surface area contributed by atoms with E-state index in [0.717, 1.165) is 49.4 Å². The number of rotatable bonds is 4. The van der Waals surface area contributed by atoms with Gasteiger partial charge in [-0.15, -0.1) is 0 Å². The topological polar surface area (TPSA) is 85.1 Å². The maximum atomic E-state index is 11.8. The molecule has 2 N–H and O–H groups in total. The Kier molecular flexibility index (Phi) is 4.77. The van der Waals surface area contributed by atoms with Crippen LogP contribution in [0.3, 0.4) is 0 Å². The van der Waals surface area contributed by atoms with E-state index < -0.39 is 0 Å². The van der Waals surface area contributed by atoms with Crippen molar-refractivity contribution >= 4 is 17.1 Å². The number of imidazole rings is 1. The maximum Gasteiger partial charge on any atom is 0.325 e. The lowest BCUT2D eigenvalue weighted by molar-refractivity contribution is -0.132. The fourth-order valence-electron chi connectivity index (χ4n) is 3.65. The Hall–Kier alpha value is -2.93. The van der Waals surface area contributed by atoms with Crippen molar-refractivity contribution in [3.63, 3.8) is 0 Å². The molecular formula is C20H23N5O2. The number of hydrogen-bond donors (Lipinski definition) is 2. The van der Waals surface area contributed by atoms with Crippen LogP contribution < -0.4 is 5.69 Å². The number of aromatic nitrogens is 3. The van der Waals surface area contributed by atoms with Crippen LogP contribution in [-0.4, -0.2) is 56.8 Å². The molecule has 7 nitrogen and oxygen atoms in total. The van der Waals surface area contributed by atoms with Gasteiger partial charge in [-0.05, 0) is 23.3 Å². The second kappa shape index (κ2) is 7.36.